The first-order chi connectivity index (χ1) is 12.8. The number of quaternary nitrogens is 1. The molecule has 0 spiro atoms. The SMILES string of the molecule is CCn1c(-c2ccco2)nn(C[NH+]2CCN(c3ccccc3)CC2)c1=S. The maximum atomic E-state index is 5.65. The summed E-state index contributed by atoms with van der Waals surface area (Å²) in [5.41, 5.74) is 1.30. The third-order valence-electron chi connectivity index (χ3n) is 4.95. The van der Waals surface area contributed by atoms with Gasteiger partial charge >= 0.3 is 0 Å². The standard InChI is InChI=1S/C19H23N5OS/c1-2-23-18(17-9-6-14-25-17)20-24(19(23)26)15-21-10-12-22(13-11-21)16-7-4-3-5-8-16/h3-9,14H,2,10-13,15H2,1H3/p+1. The lowest BCUT2D eigenvalue weighted by molar-refractivity contribution is -0.924. The Balaban J connectivity index is 1.46. The Kier molecular flexibility index (Phi) is 4.90. The smallest absolute Gasteiger partial charge is 0.203 e. The summed E-state index contributed by atoms with van der Waals surface area (Å²) in [4.78, 5) is 3.95. The van der Waals surface area contributed by atoms with Crippen molar-refractivity contribution in [2.24, 2.45) is 0 Å². The van der Waals surface area contributed by atoms with Crippen LogP contribution in [-0.4, -0.2) is 40.5 Å². The number of aromatic nitrogens is 3. The van der Waals surface area contributed by atoms with Crippen LogP contribution in [0.3, 0.4) is 0 Å². The van der Waals surface area contributed by atoms with E-state index < -0.39 is 0 Å². The monoisotopic (exact) mass is 370 g/mol. The number of anilines is 1. The normalized spacial score (nSPS) is 15.5. The molecular weight excluding hydrogens is 346 g/mol. The van der Waals surface area contributed by atoms with Gasteiger partial charge in [-0.1, -0.05) is 18.2 Å². The van der Waals surface area contributed by atoms with Crippen LogP contribution < -0.4 is 9.80 Å². The molecule has 7 heteroatoms. The number of hydrogen-bond donors (Lipinski definition) is 1. The van der Waals surface area contributed by atoms with Crippen LogP contribution in [0.4, 0.5) is 5.69 Å². The van der Waals surface area contributed by atoms with Gasteiger partial charge < -0.3 is 14.2 Å². The molecule has 1 aliphatic rings. The van der Waals surface area contributed by atoms with E-state index in [4.69, 9.17) is 21.7 Å². The number of hydrogen-bond acceptors (Lipinski definition) is 4. The van der Waals surface area contributed by atoms with Crippen LogP contribution >= 0.6 is 12.2 Å². The summed E-state index contributed by atoms with van der Waals surface area (Å²) in [5.74, 6) is 1.57. The van der Waals surface area contributed by atoms with Crippen molar-refractivity contribution in [3.8, 4) is 11.6 Å². The van der Waals surface area contributed by atoms with Crippen molar-refractivity contribution in [1.29, 1.82) is 0 Å². The Labute approximate surface area is 158 Å². The molecule has 136 valence electrons. The minimum atomic E-state index is 0.761. The molecule has 6 nitrogen and oxygen atoms in total. The minimum Gasteiger partial charge on any atom is -0.461 e. The highest BCUT2D eigenvalue weighted by Crippen LogP contribution is 2.18. The third-order valence-corrected chi connectivity index (χ3v) is 5.38. The summed E-state index contributed by atoms with van der Waals surface area (Å²) in [6.07, 6.45) is 1.67. The van der Waals surface area contributed by atoms with Crippen molar-refractivity contribution in [3.63, 3.8) is 0 Å². The van der Waals surface area contributed by atoms with Crippen LogP contribution in [-0.2, 0) is 13.2 Å². The third kappa shape index (κ3) is 3.32. The summed E-state index contributed by atoms with van der Waals surface area (Å²) < 4.78 is 10.3. The van der Waals surface area contributed by atoms with E-state index in [-0.39, 0.29) is 0 Å². The highest BCUT2D eigenvalue weighted by Gasteiger charge is 2.22. The maximum absolute atomic E-state index is 5.65. The Morgan fingerprint density at radius 1 is 1.12 bits per heavy atom. The predicted octanol–water partition coefficient (Wildman–Crippen LogP) is 2.06. The fraction of sp³-hybridized carbons (Fsp3) is 0.368. The molecule has 3 aromatic rings. The van der Waals surface area contributed by atoms with E-state index in [9.17, 15) is 0 Å². The van der Waals surface area contributed by atoms with Gasteiger partial charge in [-0.05, 0) is 43.4 Å². The van der Waals surface area contributed by atoms with Gasteiger partial charge in [-0.25, -0.2) is 0 Å². The van der Waals surface area contributed by atoms with Crippen molar-refractivity contribution in [2.75, 3.05) is 31.1 Å². The predicted molar refractivity (Wildman–Crippen MR) is 104 cm³/mol. The van der Waals surface area contributed by atoms with E-state index in [1.807, 2.05) is 21.4 Å². The largest absolute Gasteiger partial charge is 0.461 e. The van der Waals surface area contributed by atoms with E-state index in [1.54, 1.807) is 6.26 Å². The van der Waals surface area contributed by atoms with E-state index in [0.717, 1.165) is 55.7 Å². The number of furan rings is 1. The Morgan fingerprint density at radius 2 is 1.88 bits per heavy atom. The van der Waals surface area contributed by atoms with Crippen molar-refractivity contribution in [3.05, 3.63) is 53.5 Å². The number of nitrogens with one attached hydrogen (secondary N) is 1. The molecule has 0 atom stereocenters. The molecule has 0 unspecified atom stereocenters. The zero-order chi connectivity index (χ0) is 17.9. The zero-order valence-corrected chi connectivity index (χ0v) is 15.8. The molecule has 4 rings (SSSR count). The topological polar surface area (TPSA) is 43.6 Å². The van der Waals surface area contributed by atoms with E-state index in [1.165, 1.54) is 10.6 Å². The van der Waals surface area contributed by atoms with Gasteiger partial charge in [0.25, 0.3) is 0 Å². The Hall–Kier alpha value is -2.38. The Morgan fingerprint density at radius 3 is 2.54 bits per heavy atom. The van der Waals surface area contributed by atoms with Gasteiger partial charge in [-0.2, -0.15) is 4.68 Å². The molecule has 0 bridgehead atoms. The lowest BCUT2D eigenvalue weighted by Gasteiger charge is -2.33. The van der Waals surface area contributed by atoms with Crippen molar-refractivity contribution < 1.29 is 9.32 Å². The summed E-state index contributed by atoms with van der Waals surface area (Å²) >= 11 is 5.65. The minimum absolute atomic E-state index is 0.761. The van der Waals surface area contributed by atoms with Gasteiger partial charge in [0, 0.05) is 12.2 Å². The van der Waals surface area contributed by atoms with Gasteiger partial charge in [0.15, 0.2) is 18.3 Å². The molecule has 1 fully saturated rings. The lowest BCUT2D eigenvalue weighted by atomic mass is 10.2. The molecule has 0 saturated carbocycles. The molecule has 2 aromatic heterocycles. The maximum Gasteiger partial charge on any atom is 0.203 e. The molecule has 1 saturated heterocycles. The van der Waals surface area contributed by atoms with E-state index >= 15 is 0 Å². The summed E-state index contributed by atoms with van der Waals surface area (Å²) in [5, 5.41) is 4.74. The van der Waals surface area contributed by atoms with E-state index in [0.29, 0.717) is 0 Å². The summed E-state index contributed by atoms with van der Waals surface area (Å²) in [7, 11) is 0. The van der Waals surface area contributed by atoms with E-state index in [2.05, 4.69) is 42.2 Å². The molecule has 0 amide bonds. The number of para-hydroxylation sites is 1. The molecule has 1 aliphatic heterocycles. The van der Waals surface area contributed by atoms with Crippen LogP contribution in [0.1, 0.15) is 6.92 Å². The van der Waals surface area contributed by atoms with Gasteiger partial charge in [-0.3, -0.25) is 4.57 Å². The van der Waals surface area contributed by atoms with Crippen LogP contribution in [0.15, 0.2) is 53.1 Å². The van der Waals surface area contributed by atoms with Crippen LogP contribution in [0, 0.1) is 4.77 Å². The number of rotatable bonds is 5. The van der Waals surface area contributed by atoms with Crippen LogP contribution in [0.2, 0.25) is 0 Å². The highest BCUT2D eigenvalue weighted by molar-refractivity contribution is 7.71. The van der Waals surface area contributed by atoms with Crippen molar-refractivity contribution in [1.82, 2.24) is 14.3 Å². The first kappa shape index (κ1) is 17.1. The van der Waals surface area contributed by atoms with Gasteiger partial charge in [0.2, 0.25) is 4.77 Å². The van der Waals surface area contributed by atoms with Crippen LogP contribution in [0.5, 0.6) is 0 Å². The first-order valence-electron chi connectivity index (χ1n) is 9.11. The number of piperazine rings is 1. The average molecular weight is 371 g/mol. The second-order valence-electron chi connectivity index (χ2n) is 6.56. The molecule has 3 heterocycles. The highest BCUT2D eigenvalue weighted by atomic mass is 32.1. The zero-order valence-electron chi connectivity index (χ0n) is 15.0. The van der Waals surface area contributed by atoms with Crippen molar-refractivity contribution in [2.45, 2.75) is 20.1 Å². The average Bonchev–Trinajstić information content (AvgIpc) is 3.32. The summed E-state index contributed by atoms with van der Waals surface area (Å²) in [6, 6.07) is 14.4. The second-order valence-corrected chi connectivity index (χ2v) is 6.92. The molecule has 1 N–H and O–H groups in total. The van der Waals surface area contributed by atoms with Crippen molar-refractivity contribution >= 4 is 17.9 Å². The lowest BCUT2D eigenvalue weighted by Crippen LogP contribution is -3.14. The van der Waals surface area contributed by atoms with Crippen LogP contribution in [0.25, 0.3) is 11.6 Å². The molecule has 1 aromatic carbocycles. The van der Waals surface area contributed by atoms with Gasteiger partial charge in [0.1, 0.15) is 0 Å². The second kappa shape index (κ2) is 7.47. The number of benzene rings is 1. The fourth-order valence-electron chi connectivity index (χ4n) is 3.51. The molecular formula is C19H24N5OS+. The first-order valence-corrected chi connectivity index (χ1v) is 9.52. The number of nitrogens with zero attached hydrogens (tertiary/aromatic N) is 4. The Bertz CT molecular complexity index is 892. The summed E-state index contributed by atoms with van der Waals surface area (Å²) in [6.45, 7) is 7.91. The van der Waals surface area contributed by atoms with Gasteiger partial charge in [0.05, 0.1) is 32.4 Å². The molecule has 0 aliphatic carbocycles. The van der Waals surface area contributed by atoms with Gasteiger partial charge in [-0.15, -0.1) is 5.10 Å². The molecule has 26 heavy (non-hydrogen) atoms. The molecule has 0 radical (unpaired) electrons. The fourth-order valence-corrected chi connectivity index (χ4v) is 3.83. The quantitative estimate of drug-likeness (QED) is 0.698.